The number of hydrogen-bond acceptors (Lipinski definition) is 5. The summed E-state index contributed by atoms with van der Waals surface area (Å²) in [7, 11) is 0. The van der Waals surface area contributed by atoms with Crippen molar-refractivity contribution >= 4 is 17.6 Å². The third-order valence-corrected chi connectivity index (χ3v) is 8.46. The van der Waals surface area contributed by atoms with Crippen LogP contribution in [-0.2, 0) is 14.3 Å². The normalized spacial score (nSPS) is 23.5. The van der Waals surface area contributed by atoms with E-state index in [1.54, 1.807) is 0 Å². The molecule has 1 aliphatic heterocycles. The van der Waals surface area contributed by atoms with Crippen LogP contribution < -0.4 is 0 Å². The Bertz CT molecular complexity index is 793. The summed E-state index contributed by atoms with van der Waals surface area (Å²) in [5, 5.41) is 10.7. The molecule has 2 fully saturated rings. The van der Waals surface area contributed by atoms with Gasteiger partial charge < -0.3 is 14.6 Å². The van der Waals surface area contributed by atoms with Crippen LogP contribution in [0.25, 0.3) is 0 Å². The lowest BCUT2D eigenvalue weighted by Crippen LogP contribution is -2.38. The first-order valence-electron chi connectivity index (χ1n) is 14.6. The van der Waals surface area contributed by atoms with Gasteiger partial charge in [0, 0.05) is 31.4 Å². The Kier molecular flexibility index (Phi) is 14.0. The van der Waals surface area contributed by atoms with Crippen LogP contribution in [0.1, 0.15) is 101 Å². The first-order valence-corrected chi connectivity index (χ1v) is 15.0. The predicted molar refractivity (Wildman–Crippen MR) is 151 cm³/mol. The third kappa shape index (κ3) is 10.7. The van der Waals surface area contributed by atoms with Crippen LogP contribution in [0.2, 0.25) is 0 Å². The summed E-state index contributed by atoms with van der Waals surface area (Å²) in [6.07, 6.45) is 14.9. The van der Waals surface area contributed by atoms with Crippen LogP contribution in [0.5, 0.6) is 0 Å². The van der Waals surface area contributed by atoms with E-state index in [2.05, 4.69) is 48.2 Å². The predicted octanol–water partition coefficient (Wildman–Crippen LogP) is 6.78. The molecular weight excluding hydrogens is 486 g/mol. The first kappa shape index (κ1) is 30.1. The number of carbonyl (C=O) groups excluding carboxylic acids is 1. The quantitative estimate of drug-likeness (QED) is 0.110. The smallest absolute Gasteiger partial charge is 0.305 e. The molecular formula is C31H48ClNO4. The molecule has 0 bridgehead atoms. The van der Waals surface area contributed by atoms with Crippen molar-refractivity contribution in [2.45, 2.75) is 95.0 Å². The summed E-state index contributed by atoms with van der Waals surface area (Å²) >= 11 is 6.73. The van der Waals surface area contributed by atoms with Crippen LogP contribution in [0.3, 0.4) is 0 Å². The Morgan fingerprint density at radius 1 is 1.14 bits per heavy atom. The Labute approximate surface area is 229 Å². The molecule has 1 aliphatic carbocycles. The van der Waals surface area contributed by atoms with E-state index in [4.69, 9.17) is 21.1 Å². The number of rotatable bonds is 16. The minimum Gasteiger partial charge on any atom is -0.464 e. The van der Waals surface area contributed by atoms with Gasteiger partial charge in [0.05, 0.1) is 19.3 Å². The highest BCUT2D eigenvalue weighted by atomic mass is 35.5. The molecule has 0 radical (unpaired) electrons. The molecule has 3 rings (SSSR count). The number of esters is 1. The molecule has 6 heteroatoms. The molecule has 0 amide bonds. The summed E-state index contributed by atoms with van der Waals surface area (Å²) in [5.41, 5.74) is 2.36. The topological polar surface area (TPSA) is 59.0 Å². The van der Waals surface area contributed by atoms with E-state index in [0.29, 0.717) is 24.9 Å². The highest BCUT2D eigenvalue weighted by molar-refractivity contribution is 6.21. The van der Waals surface area contributed by atoms with Gasteiger partial charge in [0.25, 0.3) is 0 Å². The molecule has 208 valence electrons. The fourth-order valence-corrected chi connectivity index (χ4v) is 5.97. The number of carbonyl (C=O) groups is 1. The molecule has 37 heavy (non-hydrogen) atoms. The molecule has 4 atom stereocenters. The Morgan fingerprint density at radius 3 is 2.68 bits per heavy atom. The number of allylic oxidation sites excluding steroid dienone is 2. The zero-order valence-electron chi connectivity index (χ0n) is 22.8. The van der Waals surface area contributed by atoms with Crippen LogP contribution in [0.15, 0.2) is 36.4 Å². The largest absolute Gasteiger partial charge is 0.464 e. The van der Waals surface area contributed by atoms with E-state index in [1.807, 2.05) is 0 Å². The molecule has 1 N–H and O–H groups in total. The van der Waals surface area contributed by atoms with Crippen molar-refractivity contribution in [1.29, 1.82) is 0 Å². The number of morpholine rings is 1. The maximum atomic E-state index is 12.0. The van der Waals surface area contributed by atoms with E-state index >= 15 is 0 Å². The third-order valence-electron chi connectivity index (χ3n) is 7.92. The van der Waals surface area contributed by atoms with Crippen molar-refractivity contribution in [1.82, 2.24) is 4.90 Å². The lowest BCUT2D eigenvalue weighted by molar-refractivity contribution is -0.144. The number of benzene rings is 1. The van der Waals surface area contributed by atoms with Crippen molar-refractivity contribution in [3.8, 4) is 0 Å². The Balaban J connectivity index is 1.34. The summed E-state index contributed by atoms with van der Waals surface area (Å²) < 4.78 is 10.7. The fraction of sp³-hybridized carbons (Fsp3) is 0.710. The van der Waals surface area contributed by atoms with Gasteiger partial charge in [0.2, 0.25) is 0 Å². The van der Waals surface area contributed by atoms with Crippen molar-refractivity contribution in [2.24, 2.45) is 5.92 Å². The number of nitrogens with zero attached hydrogens (tertiary/aromatic N) is 1. The second-order valence-corrected chi connectivity index (χ2v) is 11.2. The standard InChI is InChI=1S/C31H48ClNO4/c1-2-3-4-8-11-30(34)26-15-13-25(14-16-26)27-17-18-29(32)28(27)10-7-5-6-9-12-31(35)37-24-21-33-19-22-36-23-20-33/h5,7,13-16,27-30,34H,2-4,6,8-12,17-24H2,1H3/b7-5-/t27-,28?,29-,30?/m1/s1. The monoisotopic (exact) mass is 533 g/mol. The van der Waals surface area contributed by atoms with E-state index in [1.165, 1.54) is 24.8 Å². The average molecular weight is 534 g/mol. The molecule has 1 aromatic rings. The van der Waals surface area contributed by atoms with Gasteiger partial charge in [-0.15, -0.1) is 11.6 Å². The van der Waals surface area contributed by atoms with Crippen molar-refractivity contribution in [3.05, 3.63) is 47.5 Å². The molecule has 1 saturated carbocycles. The number of halogens is 1. The van der Waals surface area contributed by atoms with Crippen LogP contribution in [0.4, 0.5) is 0 Å². The molecule has 1 saturated heterocycles. The summed E-state index contributed by atoms with van der Waals surface area (Å²) in [4.78, 5) is 14.3. The van der Waals surface area contributed by atoms with Gasteiger partial charge >= 0.3 is 5.97 Å². The SMILES string of the molecule is CCCCCCC(O)c1ccc([C@H]2CC[C@@H](Cl)C2C/C=C\CCCC(=O)OCCN2CCOCC2)cc1. The number of hydrogen-bond donors (Lipinski definition) is 1. The van der Waals surface area contributed by atoms with E-state index in [-0.39, 0.29) is 17.5 Å². The molecule has 1 aromatic carbocycles. The molecule has 0 spiro atoms. The summed E-state index contributed by atoms with van der Waals surface area (Å²) in [5.74, 6) is 0.782. The van der Waals surface area contributed by atoms with Crippen molar-refractivity contribution in [2.75, 3.05) is 39.5 Å². The van der Waals surface area contributed by atoms with Crippen molar-refractivity contribution < 1.29 is 19.4 Å². The summed E-state index contributed by atoms with van der Waals surface area (Å²) in [6.45, 7) is 6.83. The van der Waals surface area contributed by atoms with Crippen LogP contribution in [-0.4, -0.2) is 60.8 Å². The van der Waals surface area contributed by atoms with Crippen LogP contribution in [0, 0.1) is 5.92 Å². The van der Waals surface area contributed by atoms with E-state index in [9.17, 15) is 9.90 Å². The van der Waals surface area contributed by atoms with Gasteiger partial charge in [-0.1, -0.05) is 69.0 Å². The lowest BCUT2D eigenvalue weighted by Gasteiger charge is -2.26. The first-order chi connectivity index (χ1) is 18.1. The fourth-order valence-electron chi connectivity index (χ4n) is 5.56. The van der Waals surface area contributed by atoms with Gasteiger partial charge in [0.1, 0.15) is 6.61 Å². The number of alkyl halides is 1. The number of unbranched alkanes of at least 4 members (excludes halogenated alkanes) is 4. The Morgan fingerprint density at radius 2 is 1.92 bits per heavy atom. The minimum absolute atomic E-state index is 0.104. The minimum atomic E-state index is -0.365. The Hall–Kier alpha value is -1.40. The van der Waals surface area contributed by atoms with Gasteiger partial charge in [-0.2, -0.15) is 0 Å². The van der Waals surface area contributed by atoms with Gasteiger partial charge in [-0.05, 0) is 61.5 Å². The second kappa shape index (κ2) is 17.2. The highest BCUT2D eigenvalue weighted by Gasteiger charge is 2.34. The van der Waals surface area contributed by atoms with Gasteiger partial charge in [-0.3, -0.25) is 9.69 Å². The maximum absolute atomic E-state index is 12.0. The number of ether oxygens (including phenoxy) is 2. The molecule has 0 aromatic heterocycles. The molecule has 1 heterocycles. The highest BCUT2D eigenvalue weighted by Crippen LogP contribution is 2.44. The maximum Gasteiger partial charge on any atom is 0.305 e. The zero-order chi connectivity index (χ0) is 26.3. The molecule has 2 unspecified atom stereocenters. The van der Waals surface area contributed by atoms with E-state index in [0.717, 1.165) is 83.4 Å². The van der Waals surface area contributed by atoms with Gasteiger partial charge in [0.15, 0.2) is 0 Å². The zero-order valence-corrected chi connectivity index (χ0v) is 23.5. The molecule has 5 nitrogen and oxygen atoms in total. The van der Waals surface area contributed by atoms with Crippen molar-refractivity contribution in [3.63, 3.8) is 0 Å². The summed E-state index contributed by atoms with van der Waals surface area (Å²) in [6, 6.07) is 8.61. The lowest BCUT2D eigenvalue weighted by atomic mass is 9.85. The number of aliphatic hydroxyl groups excluding tert-OH is 1. The molecule has 2 aliphatic rings. The van der Waals surface area contributed by atoms with E-state index < -0.39 is 0 Å². The average Bonchev–Trinajstić information content (AvgIpc) is 3.29. The number of aliphatic hydroxyl groups is 1. The van der Waals surface area contributed by atoms with Crippen LogP contribution >= 0.6 is 11.6 Å². The van der Waals surface area contributed by atoms with Gasteiger partial charge in [-0.25, -0.2) is 0 Å². The second-order valence-electron chi connectivity index (χ2n) is 10.7.